The van der Waals surface area contributed by atoms with Crippen LogP contribution in [0.4, 0.5) is 0 Å². The second kappa shape index (κ2) is 4.43. The SMILES string of the molecule is CC1CN(S(=O)(=O)N2CCCC2)CCC1=O. The van der Waals surface area contributed by atoms with Crippen LogP contribution in [0.25, 0.3) is 0 Å². The van der Waals surface area contributed by atoms with Gasteiger partial charge in [0, 0.05) is 38.5 Å². The lowest BCUT2D eigenvalue weighted by Gasteiger charge is -2.32. The Morgan fingerprint density at radius 2 is 1.75 bits per heavy atom. The highest BCUT2D eigenvalue weighted by Gasteiger charge is 2.36. The first kappa shape index (κ1) is 12.0. The molecule has 0 spiro atoms. The Kier molecular flexibility index (Phi) is 3.32. The van der Waals surface area contributed by atoms with Gasteiger partial charge in [-0.05, 0) is 12.8 Å². The van der Waals surface area contributed by atoms with Crippen molar-refractivity contribution in [1.82, 2.24) is 8.61 Å². The molecule has 5 nitrogen and oxygen atoms in total. The van der Waals surface area contributed by atoms with E-state index in [4.69, 9.17) is 0 Å². The van der Waals surface area contributed by atoms with Crippen LogP contribution in [0.3, 0.4) is 0 Å². The summed E-state index contributed by atoms with van der Waals surface area (Å²) in [4.78, 5) is 11.4. The number of Topliss-reactive ketones (excluding diaryl/α,β-unsaturated/α-hetero) is 1. The molecule has 0 aromatic carbocycles. The van der Waals surface area contributed by atoms with Crippen molar-refractivity contribution in [3.05, 3.63) is 0 Å². The van der Waals surface area contributed by atoms with Gasteiger partial charge in [-0.2, -0.15) is 17.0 Å². The molecule has 0 aliphatic carbocycles. The first-order valence-corrected chi connectivity index (χ1v) is 7.19. The molecule has 1 unspecified atom stereocenters. The van der Waals surface area contributed by atoms with Crippen LogP contribution in [0.15, 0.2) is 0 Å². The highest BCUT2D eigenvalue weighted by molar-refractivity contribution is 7.86. The van der Waals surface area contributed by atoms with Crippen molar-refractivity contribution < 1.29 is 13.2 Å². The second-order valence-electron chi connectivity index (χ2n) is 4.59. The average molecular weight is 246 g/mol. The van der Waals surface area contributed by atoms with Crippen LogP contribution in [0.2, 0.25) is 0 Å². The van der Waals surface area contributed by atoms with Crippen LogP contribution in [0.1, 0.15) is 26.2 Å². The maximum atomic E-state index is 12.2. The van der Waals surface area contributed by atoms with Crippen molar-refractivity contribution in [2.75, 3.05) is 26.2 Å². The van der Waals surface area contributed by atoms with Crippen LogP contribution in [0, 0.1) is 5.92 Å². The van der Waals surface area contributed by atoms with E-state index >= 15 is 0 Å². The van der Waals surface area contributed by atoms with Gasteiger partial charge in [0.2, 0.25) is 0 Å². The number of hydrogen-bond donors (Lipinski definition) is 0. The Hall–Kier alpha value is -0.460. The lowest BCUT2D eigenvalue weighted by atomic mass is 10.0. The fourth-order valence-corrected chi connectivity index (χ4v) is 4.05. The van der Waals surface area contributed by atoms with Crippen molar-refractivity contribution in [1.29, 1.82) is 0 Å². The summed E-state index contributed by atoms with van der Waals surface area (Å²) in [6, 6.07) is 0. The largest absolute Gasteiger partial charge is 0.299 e. The third kappa shape index (κ3) is 2.14. The van der Waals surface area contributed by atoms with Crippen molar-refractivity contribution in [3.8, 4) is 0 Å². The smallest absolute Gasteiger partial charge is 0.282 e. The van der Waals surface area contributed by atoms with Crippen LogP contribution in [-0.2, 0) is 15.0 Å². The molecule has 0 saturated carbocycles. The van der Waals surface area contributed by atoms with E-state index in [2.05, 4.69) is 0 Å². The molecule has 2 aliphatic heterocycles. The third-order valence-electron chi connectivity index (χ3n) is 3.35. The number of carbonyl (C=O) groups excluding carboxylic acids is 1. The number of ketones is 1. The Bertz CT molecular complexity index is 374. The maximum Gasteiger partial charge on any atom is 0.282 e. The maximum absolute atomic E-state index is 12.2. The summed E-state index contributed by atoms with van der Waals surface area (Å²) in [6.07, 6.45) is 2.25. The molecule has 0 bridgehead atoms. The van der Waals surface area contributed by atoms with E-state index in [1.54, 1.807) is 6.92 Å². The lowest BCUT2D eigenvalue weighted by molar-refractivity contribution is -0.124. The predicted octanol–water partition coefficient (Wildman–Crippen LogP) is 0.238. The van der Waals surface area contributed by atoms with Crippen molar-refractivity contribution in [3.63, 3.8) is 0 Å². The third-order valence-corrected chi connectivity index (χ3v) is 5.35. The Morgan fingerprint density at radius 1 is 1.12 bits per heavy atom. The topological polar surface area (TPSA) is 57.7 Å². The minimum atomic E-state index is -3.30. The van der Waals surface area contributed by atoms with E-state index < -0.39 is 10.2 Å². The monoisotopic (exact) mass is 246 g/mol. The van der Waals surface area contributed by atoms with Gasteiger partial charge in [0.1, 0.15) is 5.78 Å². The summed E-state index contributed by atoms with van der Waals surface area (Å²) in [6.45, 7) is 3.75. The fraction of sp³-hybridized carbons (Fsp3) is 0.900. The van der Waals surface area contributed by atoms with Gasteiger partial charge < -0.3 is 0 Å². The average Bonchev–Trinajstić information content (AvgIpc) is 2.75. The van der Waals surface area contributed by atoms with E-state index in [1.165, 1.54) is 8.61 Å². The van der Waals surface area contributed by atoms with Crippen molar-refractivity contribution in [2.24, 2.45) is 5.92 Å². The van der Waals surface area contributed by atoms with Gasteiger partial charge in [-0.15, -0.1) is 0 Å². The molecule has 2 fully saturated rings. The molecule has 0 aromatic rings. The van der Waals surface area contributed by atoms with Gasteiger partial charge in [0.05, 0.1) is 0 Å². The summed E-state index contributed by atoms with van der Waals surface area (Å²) in [5, 5.41) is 0. The molecule has 2 heterocycles. The van der Waals surface area contributed by atoms with Crippen LogP contribution < -0.4 is 0 Å². The minimum Gasteiger partial charge on any atom is -0.299 e. The van der Waals surface area contributed by atoms with Crippen molar-refractivity contribution in [2.45, 2.75) is 26.2 Å². The van der Waals surface area contributed by atoms with Crippen LogP contribution in [0.5, 0.6) is 0 Å². The highest BCUT2D eigenvalue weighted by Crippen LogP contribution is 2.21. The number of piperidine rings is 1. The zero-order valence-corrected chi connectivity index (χ0v) is 10.4. The quantitative estimate of drug-likeness (QED) is 0.701. The van der Waals surface area contributed by atoms with Gasteiger partial charge in [-0.25, -0.2) is 0 Å². The van der Waals surface area contributed by atoms with Crippen LogP contribution in [-0.4, -0.2) is 49.0 Å². The molecule has 0 amide bonds. The van der Waals surface area contributed by atoms with Gasteiger partial charge in [-0.3, -0.25) is 4.79 Å². The first-order valence-electron chi connectivity index (χ1n) is 5.80. The first-order chi connectivity index (χ1) is 7.51. The van der Waals surface area contributed by atoms with Gasteiger partial charge in [0.25, 0.3) is 10.2 Å². The lowest BCUT2D eigenvalue weighted by Crippen LogP contribution is -2.48. The zero-order chi connectivity index (χ0) is 11.8. The van der Waals surface area contributed by atoms with E-state index in [9.17, 15) is 13.2 Å². The number of hydrogen-bond acceptors (Lipinski definition) is 3. The van der Waals surface area contributed by atoms with Crippen molar-refractivity contribution >= 4 is 16.0 Å². The Morgan fingerprint density at radius 3 is 2.31 bits per heavy atom. The van der Waals surface area contributed by atoms with E-state index in [0.717, 1.165) is 12.8 Å². The summed E-state index contributed by atoms with van der Waals surface area (Å²) >= 11 is 0. The van der Waals surface area contributed by atoms with Gasteiger partial charge in [0.15, 0.2) is 0 Å². The molecule has 92 valence electrons. The second-order valence-corrected chi connectivity index (χ2v) is 6.52. The summed E-state index contributed by atoms with van der Waals surface area (Å²) in [7, 11) is -3.30. The highest BCUT2D eigenvalue weighted by atomic mass is 32.2. The number of carbonyl (C=O) groups is 1. The normalized spacial score (nSPS) is 29.8. The molecule has 1 atom stereocenters. The molecule has 16 heavy (non-hydrogen) atoms. The molecular formula is C10H18N2O3S. The summed E-state index contributed by atoms with van der Waals surface area (Å²) in [5.41, 5.74) is 0. The molecule has 2 aliphatic rings. The summed E-state index contributed by atoms with van der Waals surface area (Å²) < 4.78 is 27.4. The minimum absolute atomic E-state index is 0.161. The van der Waals surface area contributed by atoms with Gasteiger partial charge >= 0.3 is 0 Å². The number of nitrogens with zero attached hydrogens (tertiary/aromatic N) is 2. The predicted molar refractivity (Wildman–Crippen MR) is 60.1 cm³/mol. The van der Waals surface area contributed by atoms with E-state index in [-0.39, 0.29) is 11.7 Å². The summed E-state index contributed by atoms with van der Waals surface area (Å²) in [5.74, 6) is 0.0130. The molecule has 6 heteroatoms. The Balaban J connectivity index is 2.09. The standard InChI is InChI=1S/C10H18N2O3S/c1-9-8-12(7-4-10(9)13)16(14,15)11-5-2-3-6-11/h9H,2-8H2,1H3. The Labute approximate surface area is 96.6 Å². The van der Waals surface area contributed by atoms with Gasteiger partial charge in [-0.1, -0.05) is 6.92 Å². The van der Waals surface area contributed by atoms with Crippen LogP contribution >= 0.6 is 0 Å². The number of rotatable bonds is 2. The van der Waals surface area contributed by atoms with E-state index in [1.807, 2.05) is 0 Å². The molecule has 2 rings (SSSR count). The fourth-order valence-electron chi connectivity index (χ4n) is 2.27. The molecule has 0 N–H and O–H groups in total. The molecular weight excluding hydrogens is 228 g/mol. The zero-order valence-electron chi connectivity index (χ0n) is 9.55. The van der Waals surface area contributed by atoms with E-state index in [0.29, 0.717) is 32.6 Å². The molecule has 0 radical (unpaired) electrons. The molecule has 0 aromatic heterocycles. The molecule has 2 saturated heterocycles.